The number of rotatable bonds is 6. The number of hydrogen-bond donors (Lipinski definition) is 0. The summed E-state index contributed by atoms with van der Waals surface area (Å²) in [4.78, 5) is 11.6. The molecule has 0 aromatic heterocycles. The smallest absolute Gasteiger partial charge is 0.280 e. The Balaban J connectivity index is 1.84. The van der Waals surface area contributed by atoms with Gasteiger partial charge in [0, 0.05) is 0 Å². The lowest BCUT2D eigenvalue weighted by Crippen LogP contribution is -1.95. The van der Waals surface area contributed by atoms with Crippen LogP contribution < -0.4 is 0 Å². The Labute approximate surface area is 112 Å². The van der Waals surface area contributed by atoms with Crippen LogP contribution in [0.2, 0.25) is 0 Å². The highest BCUT2D eigenvalue weighted by molar-refractivity contribution is 7.47. The van der Waals surface area contributed by atoms with Gasteiger partial charge in [0.2, 0.25) is 0 Å². The summed E-state index contributed by atoms with van der Waals surface area (Å²) >= 11 is 0. The topological polar surface area (TPSA) is 55.4 Å². The molecule has 0 aliphatic rings. The van der Waals surface area contributed by atoms with E-state index in [9.17, 15) is 9.46 Å². The zero-order valence-electron chi connectivity index (χ0n) is 10.3. The molecule has 2 rings (SSSR count). The second-order valence-corrected chi connectivity index (χ2v) is 5.38. The first-order chi connectivity index (χ1) is 9.16. The van der Waals surface area contributed by atoms with Gasteiger partial charge in [0.25, 0.3) is 0 Å². The minimum atomic E-state index is -4.27. The average molecular weight is 277 g/mol. The molecular formula is C14H14O4P. The van der Waals surface area contributed by atoms with Crippen LogP contribution in [0.15, 0.2) is 60.7 Å². The van der Waals surface area contributed by atoms with Gasteiger partial charge in [-0.3, -0.25) is 9.05 Å². The van der Waals surface area contributed by atoms with E-state index in [-0.39, 0.29) is 13.2 Å². The Morgan fingerprint density at radius 3 is 1.47 bits per heavy atom. The van der Waals surface area contributed by atoms with Crippen LogP contribution in [0.25, 0.3) is 0 Å². The molecule has 0 spiro atoms. The summed E-state index contributed by atoms with van der Waals surface area (Å²) in [6, 6.07) is 18.1. The molecule has 0 bridgehead atoms. The van der Waals surface area contributed by atoms with Crippen LogP contribution in [0.1, 0.15) is 11.1 Å². The summed E-state index contributed by atoms with van der Waals surface area (Å²) in [7, 11) is -4.27. The Morgan fingerprint density at radius 2 is 1.11 bits per heavy atom. The monoisotopic (exact) mass is 277 g/mol. The summed E-state index contributed by atoms with van der Waals surface area (Å²) in [6.45, 7) is -0.0349. The standard InChI is InChI=1S/C14H14O4P/c15-19(16,17-11-13-7-3-1-4-8-13)18-12-14-9-5-2-6-10-14/h1-10H,11-12H2. The summed E-state index contributed by atoms with van der Waals surface area (Å²) < 4.78 is 21.2. The number of benzene rings is 2. The average Bonchev–Trinajstić information content (AvgIpc) is 2.46. The fourth-order valence-corrected chi connectivity index (χ4v) is 2.18. The van der Waals surface area contributed by atoms with E-state index in [1.54, 1.807) is 24.3 Å². The first kappa shape index (κ1) is 14.0. The molecule has 2 aromatic rings. The van der Waals surface area contributed by atoms with Crippen LogP contribution in [0.4, 0.5) is 0 Å². The van der Waals surface area contributed by atoms with Gasteiger partial charge in [-0.05, 0) is 11.1 Å². The van der Waals surface area contributed by atoms with Crippen molar-refractivity contribution in [3.63, 3.8) is 0 Å². The molecule has 19 heavy (non-hydrogen) atoms. The molecule has 0 aliphatic carbocycles. The Morgan fingerprint density at radius 1 is 0.737 bits per heavy atom. The molecule has 0 amide bonds. The van der Waals surface area contributed by atoms with Crippen molar-refractivity contribution in [2.24, 2.45) is 0 Å². The third-order valence-electron chi connectivity index (χ3n) is 2.46. The third-order valence-corrected chi connectivity index (χ3v) is 3.35. The van der Waals surface area contributed by atoms with E-state index >= 15 is 0 Å². The van der Waals surface area contributed by atoms with Crippen molar-refractivity contribution in [3.8, 4) is 0 Å². The van der Waals surface area contributed by atoms with Crippen molar-refractivity contribution in [3.05, 3.63) is 71.8 Å². The molecule has 0 aliphatic heterocycles. The van der Waals surface area contributed by atoms with E-state index in [0.717, 1.165) is 11.1 Å². The van der Waals surface area contributed by atoms with Crippen LogP contribution in [0, 0.1) is 0 Å². The summed E-state index contributed by atoms with van der Waals surface area (Å²) in [6.07, 6.45) is 0. The number of hydrogen-bond acceptors (Lipinski definition) is 3. The summed E-state index contributed by atoms with van der Waals surface area (Å²) in [5.41, 5.74) is 1.56. The van der Waals surface area contributed by atoms with E-state index in [2.05, 4.69) is 0 Å². The second kappa shape index (κ2) is 6.64. The minimum Gasteiger partial charge on any atom is -0.280 e. The molecule has 0 fully saturated rings. The molecule has 0 saturated carbocycles. The van der Waals surface area contributed by atoms with Crippen molar-refractivity contribution in [2.45, 2.75) is 13.2 Å². The van der Waals surface area contributed by atoms with Gasteiger partial charge < -0.3 is 0 Å². The van der Waals surface area contributed by atoms with E-state index in [0.29, 0.717) is 0 Å². The largest absolute Gasteiger partial charge is 0.503 e. The molecule has 1 radical (unpaired) electrons. The van der Waals surface area contributed by atoms with Gasteiger partial charge >= 0.3 is 7.82 Å². The minimum absolute atomic E-state index is 0.0175. The maximum Gasteiger partial charge on any atom is 0.503 e. The Kier molecular flexibility index (Phi) is 4.88. The van der Waals surface area contributed by atoms with Crippen molar-refractivity contribution in [1.29, 1.82) is 0 Å². The lowest BCUT2D eigenvalue weighted by molar-refractivity contribution is 0.117. The van der Waals surface area contributed by atoms with Crippen molar-refractivity contribution < 1.29 is 18.5 Å². The van der Waals surface area contributed by atoms with Gasteiger partial charge in [0.1, 0.15) is 0 Å². The van der Waals surface area contributed by atoms with Crippen LogP contribution in [0.3, 0.4) is 0 Å². The predicted molar refractivity (Wildman–Crippen MR) is 70.8 cm³/mol. The maximum atomic E-state index is 11.6. The van der Waals surface area contributed by atoms with E-state index in [4.69, 9.17) is 9.05 Å². The van der Waals surface area contributed by atoms with Crippen molar-refractivity contribution in [1.82, 2.24) is 0 Å². The predicted octanol–water partition coefficient (Wildman–Crippen LogP) is 3.96. The third kappa shape index (κ3) is 4.97. The van der Waals surface area contributed by atoms with Gasteiger partial charge in [-0.15, -0.1) is 4.89 Å². The van der Waals surface area contributed by atoms with Gasteiger partial charge in [-0.25, -0.2) is 4.57 Å². The Bertz CT molecular complexity index is 494. The summed E-state index contributed by atoms with van der Waals surface area (Å²) in [5.74, 6) is 0. The lowest BCUT2D eigenvalue weighted by atomic mass is 10.2. The lowest BCUT2D eigenvalue weighted by Gasteiger charge is -2.10. The van der Waals surface area contributed by atoms with Crippen molar-refractivity contribution in [2.75, 3.05) is 0 Å². The molecule has 0 heterocycles. The summed E-state index contributed by atoms with van der Waals surface area (Å²) in [5, 5.41) is 0. The Hall–Kier alpha value is -1.45. The highest BCUT2D eigenvalue weighted by Gasteiger charge is 2.23. The molecule has 4 nitrogen and oxygen atoms in total. The first-order valence-corrected chi connectivity index (χ1v) is 7.30. The molecule has 5 heteroatoms. The quantitative estimate of drug-likeness (QED) is 0.751. The molecule has 99 valence electrons. The molecule has 0 atom stereocenters. The van der Waals surface area contributed by atoms with E-state index < -0.39 is 7.82 Å². The van der Waals surface area contributed by atoms with Crippen molar-refractivity contribution >= 4 is 7.82 Å². The molecule has 2 aromatic carbocycles. The van der Waals surface area contributed by atoms with Gasteiger partial charge in [-0.2, -0.15) is 0 Å². The fraction of sp³-hybridized carbons (Fsp3) is 0.143. The molecule has 0 N–H and O–H groups in total. The zero-order valence-corrected chi connectivity index (χ0v) is 11.2. The maximum absolute atomic E-state index is 11.6. The van der Waals surface area contributed by atoms with Gasteiger partial charge in [0.15, 0.2) is 0 Å². The van der Waals surface area contributed by atoms with E-state index in [1.165, 1.54) is 0 Å². The highest BCUT2D eigenvalue weighted by atomic mass is 31.2. The van der Waals surface area contributed by atoms with Crippen LogP contribution >= 0.6 is 7.82 Å². The van der Waals surface area contributed by atoms with E-state index in [1.807, 2.05) is 36.4 Å². The van der Waals surface area contributed by atoms with Crippen LogP contribution in [-0.4, -0.2) is 0 Å². The van der Waals surface area contributed by atoms with Gasteiger partial charge in [-0.1, -0.05) is 60.7 Å². The zero-order chi connectivity index (χ0) is 13.6. The van der Waals surface area contributed by atoms with Gasteiger partial charge in [0.05, 0.1) is 13.2 Å². The fourth-order valence-electron chi connectivity index (χ4n) is 1.49. The molecule has 0 unspecified atom stereocenters. The highest BCUT2D eigenvalue weighted by Crippen LogP contribution is 2.46. The first-order valence-electron chi connectivity index (χ1n) is 5.84. The van der Waals surface area contributed by atoms with Crippen LogP contribution in [-0.2, 0) is 31.7 Å². The second-order valence-electron chi connectivity index (χ2n) is 3.97. The SMILES string of the molecule is [O]P(=O)(OCc1ccccc1)OCc1ccccc1. The van der Waals surface area contributed by atoms with Crippen LogP contribution in [0.5, 0.6) is 0 Å². The molecule has 0 saturated heterocycles. The normalized spacial score (nSPS) is 11.4. The molecular weight excluding hydrogens is 263 g/mol.